The van der Waals surface area contributed by atoms with E-state index in [-0.39, 0.29) is 24.1 Å². The van der Waals surface area contributed by atoms with Crippen LogP contribution in [0.4, 0.5) is 5.69 Å². The van der Waals surface area contributed by atoms with E-state index in [2.05, 4.69) is 0 Å². The maximum Gasteiger partial charge on any atom is 0.267 e. The van der Waals surface area contributed by atoms with Crippen LogP contribution >= 0.6 is 11.6 Å². The molecular formula is C18H23ClN4O2. The van der Waals surface area contributed by atoms with Crippen LogP contribution in [0.5, 0.6) is 0 Å². The Kier molecular flexibility index (Phi) is 5.01. The van der Waals surface area contributed by atoms with E-state index in [9.17, 15) is 9.59 Å². The van der Waals surface area contributed by atoms with Crippen molar-refractivity contribution in [2.75, 3.05) is 5.01 Å². The van der Waals surface area contributed by atoms with Gasteiger partial charge in [0.25, 0.3) is 5.91 Å². The summed E-state index contributed by atoms with van der Waals surface area (Å²) in [6, 6.07) is 5.55. The van der Waals surface area contributed by atoms with Gasteiger partial charge in [0.1, 0.15) is 5.69 Å². The molecule has 0 radical (unpaired) electrons. The molecule has 2 aromatic rings. The molecule has 0 saturated heterocycles. The third kappa shape index (κ3) is 3.12. The molecule has 0 spiro atoms. The first-order valence-electron chi connectivity index (χ1n) is 8.66. The monoisotopic (exact) mass is 362 g/mol. The molecular weight excluding hydrogens is 340 g/mol. The first-order valence-corrected chi connectivity index (χ1v) is 9.04. The van der Waals surface area contributed by atoms with Crippen molar-refractivity contribution in [2.45, 2.75) is 51.5 Å². The molecule has 2 amide bonds. The Morgan fingerprint density at radius 1 is 1.28 bits per heavy atom. The van der Waals surface area contributed by atoms with Gasteiger partial charge >= 0.3 is 0 Å². The van der Waals surface area contributed by atoms with E-state index in [1.165, 1.54) is 6.42 Å². The number of nitrogens with two attached hydrogens (primary N) is 2. The van der Waals surface area contributed by atoms with E-state index in [1.807, 2.05) is 10.6 Å². The summed E-state index contributed by atoms with van der Waals surface area (Å²) in [5.41, 5.74) is 7.18. The van der Waals surface area contributed by atoms with Crippen molar-refractivity contribution in [3.05, 3.63) is 28.9 Å². The minimum Gasteiger partial charge on any atom is -0.364 e. The number of hydrogen-bond donors (Lipinski definition) is 2. The minimum atomic E-state index is -0.591. The zero-order valence-electron chi connectivity index (χ0n) is 14.3. The normalized spacial score (nSPS) is 15.5. The number of anilines is 1. The molecule has 1 aliphatic rings. The summed E-state index contributed by atoms with van der Waals surface area (Å²) in [5.74, 6) is 5.19. The highest BCUT2D eigenvalue weighted by Gasteiger charge is 2.30. The van der Waals surface area contributed by atoms with Crippen molar-refractivity contribution in [1.29, 1.82) is 0 Å². The Balaban J connectivity index is 2.32. The molecule has 0 atom stereocenters. The molecule has 1 heterocycles. The van der Waals surface area contributed by atoms with Crippen molar-refractivity contribution in [1.82, 2.24) is 4.57 Å². The average molecular weight is 363 g/mol. The number of amides is 2. The van der Waals surface area contributed by atoms with Gasteiger partial charge in [-0.1, -0.05) is 37.8 Å². The largest absolute Gasteiger partial charge is 0.364 e. The zero-order valence-corrected chi connectivity index (χ0v) is 15.1. The number of halogens is 1. The van der Waals surface area contributed by atoms with Gasteiger partial charge in [-0.2, -0.15) is 0 Å². The number of rotatable bonds is 4. The van der Waals surface area contributed by atoms with Gasteiger partial charge in [0, 0.05) is 22.9 Å². The third-order valence-electron chi connectivity index (χ3n) is 4.92. The van der Waals surface area contributed by atoms with Crippen molar-refractivity contribution in [3.8, 4) is 0 Å². The molecule has 7 heteroatoms. The molecule has 4 N–H and O–H groups in total. The lowest BCUT2D eigenvalue weighted by Gasteiger charge is -2.26. The molecule has 1 aromatic heterocycles. The standard InChI is InChI=1S/C18H23ClN4O2/c1-2-15(24)23(21)16-13-10-11(19)8-9-14(13)22(17(16)18(20)25)12-6-4-3-5-7-12/h8-10,12H,2-7,21H2,1H3,(H2,20,25). The van der Waals surface area contributed by atoms with Gasteiger partial charge in [-0.3, -0.25) is 9.59 Å². The summed E-state index contributed by atoms with van der Waals surface area (Å²) in [4.78, 5) is 24.5. The fourth-order valence-corrected chi connectivity index (χ4v) is 3.94. The summed E-state index contributed by atoms with van der Waals surface area (Å²) in [5, 5.41) is 2.23. The van der Waals surface area contributed by atoms with Gasteiger partial charge in [0.05, 0.1) is 11.2 Å². The Morgan fingerprint density at radius 2 is 1.96 bits per heavy atom. The number of carbonyl (C=O) groups is 2. The van der Waals surface area contributed by atoms with Crippen LogP contribution in [0.2, 0.25) is 5.02 Å². The molecule has 0 bridgehead atoms. The van der Waals surface area contributed by atoms with E-state index in [1.54, 1.807) is 19.1 Å². The lowest BCUT2D eigenvalue weighted by atomic mass is 9.95. The second kappa shape index (κ2) is 7.06. The fraction of sp³-hybridized carbons (Fsp3) is 0.444. The lowest BCUT2D eigenvalue weighted by Crippen LogP contribution is -2.38. The summed E-state index contributed by atoms with van der Waals surface area (Å²) >= 11 is 6.17. The fourth-order valence-electron chi connectivity index (χ4n) is 3.76. The Morgan fingerprint density at radius 3 is 2.56 bits per heavy atom. The van der Waals surface area contributed by atoms with Gasteiger partial charge in [0.2, 0.25) is 5.91 Å². The van der Waals surface area contributed by atoms with Gasteiger partial charge < -0.3 is 10.3 Å². The molecule has 0 unspecified atom stereocenters. The number of primary amides is 1. The van der Waals surface area contributed by atoms with Crippen LogP contribution in [0, 0.1) is 0 Å². The van der Waals surface area contributed by atoms with Crippen molar-refractivity contribution < 1.29 is 9.59 Å². The van der Waals surface area contributed by atoms with Crippen LogP contribution in [0.15, 0.2) is 18.2 Å². The van der Waals surface area contributed by atoms with Crippen LogP contribution in [0.1, 0.15) is 62.0 Å². The van der Waals surface area contributed by atoms with Gasteiger partial charge in [0.15, 0.2) is 0 Å². The second-order valence-corrected chi connectivity index (χ2v) is 6.94. The number of hydrazine groups is 1. The highest BCUT2D eigenvalue weighted by atomic mass is 35.5. The SMILES string of the molecule is CCC(=O)N(N)c1c(C(N)=O)n(C2CCCCC2)c2ccc(Cl)cc12. The third-order valence-corrected chi connectivity index (χ3v) is 5.16. The van der Waals surface area contributed by atoms with Crippen LogP contribution in [-0.4, -0.2) is 16.4 Å². The molecule has 134 valence electrons. The molecule has 1 aromatic carbocycles. The van der Waals surface area contributed by atoms with Crippen molar-refractivity contribution in [3.63, 3.8) is 0 Å². The summed E-state index contributed by atoms with van der Waals surface area (Å²) in [6.07, 6.45) is 5.57. The number of nitrogens with zero attached hydrogens (tertiary/aromatic N) is 2. The number of carbonyl (C=O) groups excluding carboxylic acids is 2. The number of benzene rings is 1. The van der Waals surface area contributed by atoms with Gasteiger partial charge in [-0.05, 0) is 31.0 Å². The lowest BCUT2D eigenvalue weighted by molar-refractivity contribution is -0.118. The minimum absolute atomic E-state index is 0.166. The number of fused-ring (bicyclic) bond motifs is 1. The van der Waals surface area contributed by atoms with E-state index < -0.39 is 5.91 Å². The highest BCUT2D eigenvalue weighted by molar-refractivity contribution is 6.31. The maximum absolute atomic E-state index is 12.3. The predicted octanol–water partition coefficient (Wildman–Crippen LogP) is 3.52. The van der Waals surface area contributed by atoms with E-state index >= 15 is 0 Å². The molecule has 1 aliphatic carbocycles. The highest BCUT2D eigenvalue weighted by Crippen LogP contribution is 2.40. The molecule has 3 rings (SSSR count). The second-order valence-electron chi connectivity index (χ2n) is 6.50. The van der Waals surface area contributed by atoms with E-state index in [4.69, 9.17) is 23.2 Å². The smallest absolute Gasteiger partial charge is 0.267 e. The van der Waals surface area contributed by atoms with Crippen LogP contribution in [0.3, 0.4) is 0 Å². The Labute approximate surface area is 151 Å². The first kappa shape index (κ1) is 17.8. The molecule has 1 fully saturated rings. The summed E-state index contributed by atoms with van der Waals surface area (Å²) in [7, 11) is 0. The predicted molar refractivity (Wildman–Crippen MR) is 99.6 cm³/mol. The summed E-state index contributed by atoms with van der Waals surface area (Å²) < 4.78 is 1.96. The topological polar surface area (TPSA) is 94.3 Å². The maximum atomic E-state index is 12.3. The van der Waals surface area contributed by atoms with Crippen LogP contribution < -0.4 is 16.6 Å². The Hall–Kier alpha value is -2.05. The van der Waals surface area contributed by atoms with Crippen molar-refractivity contribution >= 4 is 40.0 Å². The summed E-state index contributed by atoms with van der Waals surface area (Å²) in [6.45, 7) is 1.72. The van der Waals surface area contributed by atoms with Gasteiger partial charge in [-0.25, -0.2) is 10.9 Å². The van der Waals surface area contributed by atoms with Crippen LogP contribution in [-0.2, 0) is 4.79 Å². The molecule has 1 saturated carbocycles. The van der Waals surface area contributed by atoms with E-state index in [0.717, 1.165) is 36.2 Å². The quantitative estimate of drug-likeness (QED) is 0.495. The van der Waals surface area contributed by atoms with Gasteiger partial charge in [-0.15, -0.1) is 0 Å². The van der Waals surface area contributed by atoms with Crippen LogP contribution in [0.25, 0.3) is 10.9 Å². The molecule has 25 heavy (non-hydrogen) atoms. The van der Waals surface area contributed by atoms with E-state index in [0.29, 0.717) is 16.1 Å². The number of hydrogen-bond acceptors (Lipinski definition) is 3. The average Bonchev–Trinajstić information content (AvgIpc) is 2.95. The molecule has 6 nitrogen and oxygen atoms in total. The zero-order chi connectivity index (χ0) is 18.1. The molecule has 0 aliphatic heterocycles. The first-order chi connectivity index (χ1) is 12.0. The number of aromatic nitrogens is 1. The Bertz CT molecular complexity index is 824. The van der Waals surface area contributed by atoms with Crippen molar-refractivity contribution in [2.24, 2.45) is 11.6 Å².